The Kier molecular flexibility index (Phi) is 4.64. The summed E-state index contributed by atoms with van der Waals surface area (Å²) in [5.41, 5.74) is 9.00. The van der Waals surface area contributed by atoms with E-state index in [-0.39, 0.29) is 12.8 Å². The van der Waals surface area contributed by atoms with Gasteiger partial charge in [0.2, 0.25) is 5.36 Å². The normalized spacial score (nSPS) is 18.4. The number of likely N-dealkylation sites (N-methyl/N-ethyl adjacent to an activating group) is 1. The molecular weight excluding hydrogens is 340 g/mol. The second-order valence-corrected chi connectivity index (χ2v) is 8.92. The Morgan fingerprint density at radius 3 is 2.57 bits per heavy atom. The number of hydrogen-bond acceptors (Lipinski definition) is 1. The maximum absolute atomic E-state index is 2.56. The molecule has 0 saturated heterocycles. The fourth-order valence-corrected chi connectivity index (χ4v) is 5.54. The van der Waals surface area contributed by atoms with Gasteiger partial charge in [-0.15, -0.1) is 0 Å². The van der Waals surface area contributed by atoms with E-state index in [0.29, 0.717) is 0 Å². The van der Waals surface area contributed by atoms with Crippen molar-refractivity contribution < 1.29 is 0 Å². The van der Waals surface area contributed by atoms with Gasteiger partial charge in [0.25, 0.3) is 0 Å². The maximum Gasteiger partial charge on any atom is 0.203 e. The number of anilines is 1. The van der Waals surface area contributed by atoms with Gasteiger partial charge >= 0.3 is 0 Å². The summed E-state index contributed by atoms with van der Waals surface area (Å²) in [6.45, 7) is 14.0. The predicted molar refractivity (Wildman–Crippen MR) is 121 cm³/mol. The first-order chi connectivity index (χ1) is 13.0. The van der Waals surface area contributed by atoms with Crippen molar-refractivity contribution in [3.8, 4) is 0 Å². The van der Waals surface area contributed by atoms with Crippen LogP contribution in [0.25, 0.3) is 6.08 Å². The second-order valence-electron chi connectivity index (χ2n) is 8.92. The van der Waals surface area contributed by atoms with Crippen LogP contribution in [0.5, 0.6) is 0 Å². The lowest BCUT2D eigenvalue weighted by atomic mass is 9.71. The molecule has 0 spiro atoms. The van der Waals surface area contributed by atoms with Crippen LogP contribution in [0.1, 0.15) is 69.4 Å². The van der Waals surface area contributed by atoms with Gasteiger partial charge in [-0.05, 0) is 78.4 Å². The van der Waals surface area contributed by atoms with E-state index in [2.05, 4.69) is 67.5 Å². The van der Waals surface area contributed by atoms with Crippen LogP contribution in [0.3, 0.4) is 0 Å². The molecule has 2 aromatic carbocycles. The second kappa shape index (κ2) is 6.76. The highest BCUT2D eigenvalue weighted by Crippen LogP contribution is 2.40. The molecular formula is C26H35N2+. The summed E-state index contributed by atoms with van der Waals surface area (Å²) in [7, 11) is 0. The molecule has 0 radical (unpaired) electrons. The smallest absolute Gasteiger partial charge is 0.203 e. The summed E-state index contributed by atoms with van der Waals surface area (Å²) >= 11 is 0. The van der Waals surface area contributed by atoms with Crippen LogP contribution in [-0.4, -0.2) is 26.2 Å². The van der Waals surface area contributed by atoms with Crippen molar-refractivity contribution in [2.24, 2.45) is 0 Å². The summed E-state index contributed by atoms with van der Waals surface area (Å²) in [6.07, 6.45) is 6.14. The van der Waals surface area contributed by atoms with E-state index >= 15 is 0 Å². The highest BCUT2D eigenvalue weighted by molar-refractivity contribution is 5.71. The number of hydrogen-bond donors (Lipinski definition) is 0. The maximum atomic E-state index is 2.56. The zero-order valence-corrected chi connectivity index (χ0v) is 17.2. The molecule has 2 heteroatoms. The number of benzene rings is 2. The van der Waals surface area contributed by atoms with Gasteiger partial charge in [0.1, 0.15) is 13.1 Å². The standard InChI is InChI=1S/C25H31N2.CH4/c1-5-26-10-7-8-17-12-19-14-20-13-18-9-11-27(6-2)24(18)16-22(20)25(3,4)21(19)15-23(17)26;/h12-16H,5-11H2,1-4H3;1H4/q+1;. The van der Waals surface area contributed by atoms with Crippen molar-refractivity contribution in [1.29, 1.82) is 0 Å². The minimum Gasteiger partial charge on any atom is -0.371 e. The molecule has 28 heavy (non-hydrogen) atoms. The zero-order valence-electron chi connectivity index (χ0n) is 17.2. The zero-order chi connectivity index (χ0) is 18.8. The van der Waals surface area contributed by atoms with E-state index in [1.165, 1.54) is 76.4 Å². The van der Waals surface area contributed by atoms with Crippen molar-refractivity contribution in [3.05, 3.63) is 62.7 Å². The largest absolute Gasteiger partial charge is 0.371 e. The Labute approximate surface area is 170 Å². The van der Waals surface area contributed by atoms with Crippen LogP contribution in [-0.2, 0) is 18.3 Å². The number of fused-ring (bicyclic) bond motifs is 4. The minimum atomic E-state index is 0. The molecule has 2 heterocycles. The molecule has 0 N–H and O–H groups in total. The molecule has 0 unspecified atom stereocenters. The third kappa shape index (κ3) is 2.64. The Bertz CT molecular complexity index is 1060. The first kappa shape index (κ1) is 19.2. The molecule has 2 nitrogen and oxygen atoms in total. The number of nitrogens with zero attached hydrogens (tertiary/aromatic N) is 2. The Morgan fingerprint density at radius 2 is 1.82 bits per heavy atom. The Morgan fingerprint density at radius 1 is 1.00 bits per heavy atom. The Balaban J connectivity index is 0.00000192. The molecule has 0 saturated carbocycles. The molecule has 0 bridgehead atoms. The molecule has 2 aliphatic heterocycles. The van der Waals surface area contributed by atoms with Crippen LogP contribution in [0, 0.1) is 0 Å². The van der Waals surface area contributed by atoms with E-state index < -0.39 is 0 Å². The first-order valence-corrected chi connectivity index (χ1v) is 10.7. The van der Waals surface area contributed by atoms with E-state index in [4.69, 9.17) is 0 Å². The van der Waals surface area contributed by atoms with Gasteiger partial charge < -0.3 is 4.90 Å². The third-order valence-electron chi connectivity index (χ3n) is 7.13. The monoisotopic (exact) mass is 375 g/mol. The number of aryl methyl sites for hydroxylation is 1. The van der Waals surface area contributed by atoms with Crippen LogP contribution < -0.4 is 20.1 Å². The lowest BCUT2D eigenvalue weighted by Crippen LogP contribution is -2.42. The van der Waals surface area contributed by atoms with Crippen molar-refractivity contribution in [1.82, 2.24) is 4.58 Å². The molecule has 1 aliphatic carbocycles. The van der Waals surface area contributed by atoms with Gasteiger partial charge in [0.05, 0.1) is 0 Å². The Hall–Kier alpha value is -2.09. The predicted octanol–water partition coefficient (Wildman–Crippen LogP) is 3.63. The topological polar surface area (TPSA) is 6.25 Å². The summed E-state index contributed by atoms with van der Waals surface area (Å²) in [5.74, 6) is 0. The lowest BCUT2D eigenvalue weighted by molar-refractivity contribution is 0.534. The first-order valence-electron chi connectivity index (χ1n) is 10.7. The van der Waals surface area contributed by atoms with Gasteiger partial charge in [0.15, 0.2) is 0 Å². The fraction of sp³-hybridized carbons (Fsp3) is 0.500. The molecule has 3 aliphatic rings. The SMILES string of the molecule is C.CCN1CCc2cc3c(cc21)C(C)(C)c1cc2c(cc1=C3)CCC[N+]=2CC. The van der Waals surface area contributed by atoms with Gasteiger partial charge in [0, 0.05) is 42.2 Å². The van der Waals surface area contributed by atoms with E-state index in [0.717, 1.165) is 13.1 Å². The van der Waals surface area contributed by atoms with Gasteiger partial charge in [-0.2, -0.15) is 0 Å². The van der Waals surface area contributed by atoms with E-state index in [1.54, 1.807) is 0 Å². The summed E-state index contributed by atoms with van der Waals surface area (Å²) in [6, 6.07) is 9.97. The van der Waals surface area contributed by atoms with E-state index in [9.17, 15) is 0 Å². The van der Waals surface area contributed by atoms with E-state index in [1.807, 2.05) is 0 Å². The molecule has 2 aromatic rings. The van der Waals surface area contributed by atoms with Crippen molar-refractivity contribution in [2.45, 2.75) is 59.8 Å². The van der Waals surface area contributed by atoms with Crippen LogP contribution in [0.15, 0.2) is 24.3 Å². The highest BCUT2D eigenvalue weighted by Gasteiger charge is 2.33. The summed E-state index contributed by atoms with van der Waals surface area (Å²) < 4.78 is 2.56. The summed E-state index contributed by atoms with van der Waals surface area (Å²) in [5, 5.41) is 2.92. The molecule has 0 fully saturated rings. The van der Waals surface area contributed by atoms with Gasteiger partial charge in [-0.25, -0.2) is 4.58 Å². The minimum absolute atomic E-state index is 0. The third-order valence-corrected chi connectivity index (χ3v) is 7.13. The fourth-order valence-electron chi connectivity index (χ4n) is 5.54. The van der Waals surface area contributed by atoms with Crippen molar-refractivity contribution in [2.75, 3.05) is 31.1 Å². The average molecular weight is 376 g/mol. The molecule has 0 amide bonds. The number of rotatable bonds is 2. The van der Waals surface area contributed by atoms with Crippen LogP contribution >= 0.6 is 0 Å². The van der Waals surface area contributed by atoms with Gasteiger partial charge in [-0.1, -0.05) is 21.3 Å². The molecule has 148 valence electrons. The lowest BCUT2D eigenvalue weighted by Gasteiger charge is -2.33. The van der Waals surface area contributed by atoms with Crippen LogP contribution in [0.2, 0.25) is 0 Å². The van der Waals surface area contributed by atoms with Crippen LogP contribution in [0.4, 0.5) is 5.69 Å². The van der Waals surface area contributed by atoms with Gasteiger partial charge in [-0.3, -0.25) is 0 Å². The summed E-state index contributed by atoms with van der Waals surface area (Å²) in [4.78, 5) is 2.53. The highest BCUT2D eigenvalue weighted by atomic mass is 15.1. The molecule has 0 atom stereocenters. The molecule has 0 aromatic heterocycles. The molecule has 5 rings (SSSR count). The van der Waals surface area contributed by atoms with Crippen molar-refractivity contribution in [3.63, 3.8) is 0 Å². The quantitative estimate of drug-likeness (QED) is 0.727. The van der Waals surface area contributed by atoms with Crippen molar-refractivity contribution >= 4 is 11.8 Å². The average Bonchev–Trinajstić information content (AvgIpc) is 3.07.